The van der Waals surface area contributed by atoms with Gasteiger partial charge >= 0.3 is 0 Å². The van der Waals surface area contributed by atoms with Crippen LogP contribution in [0.2, 0.25) is 0 Å². The quantitative estimate of drug-likeness (QED) is 0.712. The molecule has 2 N–H and O–H groups in total. The molecule has 0 spiro atoms. The Morgan fingerprint density at radius 1 is 1.73 bits per heavy atom. The van der Waals surface area contributed by atoms with Crippen LogP contribution in [0, 0.1) is 0 Å². The molecule has 1 saturated heterocycles. The van der Waals surface area contributed by atoms with Crippen molar-refractivity contribution in [1.82, 2.24) is 10.2 Å². The number of hydrogen-bond acceptors (Lipinski definition) is 4. The number of aliphatic hydroxyl groups excluding tert-OH is 1. The van der Waals surface area contributed by atoms with E-state index in [1.807, 2.05) is 20.2 Å². The van der Waals surface area contributed by atoms with Gasteiger partial charge in [-0.25, -0.2) is 0 Å². The Bertz CT molecular complexity index is 225. The van der Waals surface area contributed by atoms with Crippen molar-refractivity contribution in [3.63, 3.8) is 0 Å². The van der Waals surface area contributed by atoms with Gasteiger partial charge in [0.05, 0.1) is 12.1 Å². The van der Waals surface area contributed by atoms with E-state index in [0.717, 1.165) is 5.75 Å². The smallest absolute Gasteiger partial charge is 0.239 e. The Balaban J connectivity index is 2.45. The average Bonchev–Trinajstić information content (AvgIpc) is 2.63. The molecule has 1 aliphatic heterocycles. The van der Waals surface area contributed by atoms with E-state index in [1.54, 1.807) is 16.7 Å². The van der Waals surface area contributed by atoms with Crippen molar-refractivity contribution in [3.05, 3.63) is 0 Å². The zero-order valence-electron chi connectivity index (χ0n) is 9.56. The Morgan fingerprint density at radius 2 is 2.40 bits per heavy atom. The van der Waals surface area contributed by atoms with Crippen molar-refractivity contribution in [3.8, 4) is 0 Å². The summed E-state index contributed by atoms with van der Waals surface area (Å²) in [7, 11) is 1.83. The van der Waals surface area contributed by atoms with E-state index in [-0.39, 0.29) is 24.1 Å². The highest BCUT2D eigenvalue weighted by Crippen LogP contribution is 2.12. The summed E-state index contributed by atoms with van der Waals surface area (Å²) in [5.41, 5.74) is 0. The van der Waals surface area contributed by atoms with Gasteiger partial charge in [-0.05, 0) is 19.6 Å². The van der Waals surface area contributed by atoms with Crippen molar-refractivity contribution in [2.24, 2.45) is 0 Å². The summed E-state index contributed by atoms with van der Waals surface area (Å²) in [6, 6.07) is 0.0429. The van der Waals surface area contributed by atoms with E-state index in [0.29, 0.717) is 13.0 Å². The molecule has 1 fully saturated rings. The van der Waals surface area contributed by atoms with Gasteiger partial charge in [-0.15, -0.1) is 0 Å². The van der Waals surface area contributed by atoms with Gasteiger partial charge in [0.15, 0.2) is 0 Å². The minimum absolute atomic E-state index is 0.0908. The number of likely N-dealkylation sites (N-methyl/N-ethyl adjacent to an activating group) is 1. The summed E-state index contributed by atoms with van der Waals surface area (Å²) in [6.45, 7) is 2.57. The molecule has 0 aromatic heterocycles. The predicted molar refractivity (Wildman–Crippen MR) is 63.0 cm³/mol. The number of hydrogen-bond donors (Lipinski definition) is 2. The van der Waals surface area contributed by atoms with Gasteiger partial charge in [0.25, 0.3) is 0 Å². The van der Waals surface area contributed by atoms with Gasteiger partial charge in [0.1, 0.15) is 0 Å². The molecule has 0 aromatic carbocycles. The second-order valence-corrected chi connectivity index (χ2v) is 5.01. The van der Waals surface area contributed by atoms with E-state index in [9.17, 15) is 9.90 Å². The van der Waals surface area contributed by atoms with Crippen LogP contribution < -0.4 is 5.32 Å². The number of carbonyl (C=O) groups is 1. The van der Waals surface area contributed by atoms with Crippen LogP contribution in [0.15, 0.2) is 0 Å². The van der Waals surface area contributed by atoms with E-state index in [2.05, 4.69) is 5.32 Å². The zero-order valence-corrected chi connectivity index (χ0v) is 10.4. The molecule has 88 valence electrons. The van der Waals surface area contributed by atoms with Crippen LogP contribution in [0.1, 0.15) is 13.3 Å². The molecular formula is C10H20N2O2S. The number of nitrogens with zero attached hydrogens (tertiary/aromatic N) is 1. The summed E-state index contributed by atoms with van der Waals surface area (Å²) in [4.78, 5) is 13.7. The first-order valence-corrected chi connectivity index (χ1v) is 6.62. The van der Waals surface area contributed by atoms with Gasteiger partial charge in [-0.1, -0.05) is 0 Å². The number of aliphatic hydroxyl groups is 1. The molecule has 0 aliphatic carbocycles. The van der Waals surface area contributed by atoms with Gasteiger partial charge < -0.3 is 15.3 Å². The Morgan fingerprint density at radius 3 is 2.87 bits per heavy atom. The first kappa shape index (κ1) is 12.8. The Labute approximate surface area is 95.4 Å². The van der Waals surface area contributed by atoms with E-state index >= 15 is 0 Å². The minimum atomic E-state index is -0.372. The van der Waals surface area contributed by atoms with Crippen molar-refractivity contribution in [2.75, 3.05) is 25.6 Å². The van der Waals surface area contributed by atoms with Crippen LogP contribution in [0.5, 0.6) is 0 Å². The molecule has 4 nitrogen and oxygen atoms in total. The van der Waals surface area contributed by atoms with Gasteiger partial charge in [0, 0.05) is 25.4 Å². The monoisotopic (exact) mass is 232 g/mol. The summed E-state index contributed by atoms with van der Waals surface area (Å²) in [5.74, 6) is 1.03. The largest absolute Gasteiger partial charge is 0.392 e. The van der Waals surface area contributed by atoms with Crippen LogP contribution in [0.4, 0.5) is 0 Å². The molecule has 0 saturated carbocycles. The maximum absolute atomic E-state index is 12.0. The fourth-order valence-corrected chi connectivity index (χ4v) is 2.43. The summed E-state index contributed by atoms with van der Waals surface area (Å²) in [5, 5.41) is 12.4. The molecule has 0 radical (unpaired) electrons. The predicted octanol–water partition coefficient (Wildman–Crippen LogP) is -0.0809. The summed E-state index contributed by atoms with van der Waals surface area (Å²) >= 11 is 1.73. The lowest BCUT2D eigenvalue weighted by atomic mass is 10.1. The van der Waals surface area contributed by atoms with E-state index in [4.69, 9.17) is 0 Å². The van der Waals surface area contributed by atoms with E-state index in [1.165, 1.54) is 0 Å². The van der Waals surface area contributed by atoms with Gasteiger partial charge in [-0.3, -0.25) is 4.79 Å². The maximum Gasteiger partial charge on any atom is 0.239 e. The first-order chi connectivity index (χ1) is 7.06. The lowest BCUT2D eigenvalue weighted by Gasteiger charge is -2.27. The molecule has 5 heteroatoms. The third-order valence-electron chi connectivity index (χ3n) is 2.82. The van der Waals surface area contributed by atoms with Crippen LogP contribution >= 0.6 is 11.8 Å². The van der Waals surface area contributed by atoms with Crippen LogP contribution in [-0.4, -0.2) is 59.7 Å². The van der Waals surface area contributed by atoms with Crippen LogP contribution in [0.25, 0.3) is 0 Å². The summed E-state index contributed by atoms with van der Waals surface area (Å²) < 4.78 is 0. The molecule has 1 heterocycles. The van der Waals surface area contributed by atoms with Crippen molar-refractivity contribution >= 4 is 17.7 Å². The molecule has 0 aromatic rings. The molecule has 3 unspecified atom stereocenters. The number of carbonyl (C=O) groups excluding carboxylic acids is 1. The summed E-state index contributed by atoms with van der Waals surface area (Å²) in [6.07, 6.45) is 2.20. The first-order valence-electron chi connectivity index (χ1n) is 5.23. The number of amides is 1. The molecule has 1 amide bonds. The standard InChI is InChI=1S/C10H20N2O2S/c1-7(6-15-3)12(2)10(14)9-4-8(13)5-11-9/h7-9,11,13H,4-6H2,1-3H3. The molecular weight excluding hydrogens is 212 g/mol. The molecule has 0 bridgehead atoms. The number of β-amino-alcohol motifs (C(OH)–C–C–N with tert-alkyl or cyclic N) is 1. The Kier molecular flexibility index (Phi) is 4.89. The fourth-order valence-electron chi connectivity index (χ4n) is 1.72. The van der Waals surface area contributed by atoms with Crippen LogP contribution in [0.3, 0.4) is 0 Å². The highest BCUT2D eigenvalue weighted by molar-refractivity contribution is 7.98. The minimum Gasteiger partial charge on any atom is -0.392 e. The third kappa shape index (κ3) is 3.36. The molecule has 3 atom stereocenters. The number of rotatable bonds is 4. The van der Waals surface area contributed by atoms with Crippen molar-refractivity contribution in [2.45, 2.75) is 31.5 Å². The second-order valence-electron chi connectivity index (χ2n) is 4.10. The maximum atomic E-state index is 12.0. The van der Waals surface area contributed by atoms with Gasteiger partial charge in [-0.2, -0.15) is 11.8 Å². The second kappa shape index (κ2) is 5.72. The normalized spacial score (nSPS) is 27.7. The lowest BCUT2D eigenvalue weighted by Crippen LogP contribution is -2.46. The third-order valence-corrected chi connectivity index (χ3v) is 3.64. The lowest BCUT2D eigenvalue weighted by molar-refractivity contribution is -0.133. The highest BCUT2D eigenvalue weighted by Gasteiger charge is 2.31. The highest BCUT2D eigenvalue weighted by atomic mass is 32.2. The number of nitrogens with one attached hydrogen (secondary N) is 1. The fraction of sp³-hybridized carbons (Fsp3) is 0.900. The van der Waals surface area contributed by atoms with Crippen LogP contribution in [-0.2, 0) is 4.79 Å². The zero-order chi connectivity index (χ0) is 11.4. The van der Waals surface area contributed by atoms with E-state index < -0.39 is 0 Å². The molecule has 15 heavy (non-hydrogen) atoms. The van der Waals surface area contributed by atoms with Gasteiger partial charge in [0.2, 0.25) is 5.91 Å². The average molecular weight is 232 g/mol. The Hall–Kier alpha value is -0.260. The molecule has 1 rings (SSSR count). The van der Waals surface area contributed by atoms with Crippen molar-refractivity contribution < 1.29 is 9.90 Å². The topological polar surface area (TPSA) is 52.6 Å². The SMILES string of the molecule is CSCC(C)N(C)C(=O)C1CC(O)CN1. The van der Waals surface area contributed by atoms with Crippen molar-refractivity contribution in [1.29, 1.82) is 0 Å². The molecule has 1 aliphatic rings. The number of thioether (sulfide) groups is 1.